The van der Waals surface area contributed by atoms with Crippen LogP contribution in [0.5, 0.6) is 0 Å². The first-order valence-corrected chi connectivity index (χ1v) is 20.3. The van der Waals surface area contributed by atoms with E-state index in [0.717, 1.165) is 56.7 Å². The SMILES string of the molecule is C=C(C)[C@@H]1CC[C@]2(COC(=O)c3ccccc3C(=O)N3CCSCC3)CC[C@]3(C)[C@H](CC[C@@H]4[C@@]5(C)CC[C@H](O)C(C)(C)[C@@H]5CC[C@]43C)[C@@H]12. The maximum absolute atomic E-state index is 13.9. The molecular formula is C42H61NO4S. The van der Waals surface area contributed by atoms with E-state index in [0.29, 0.717) is 47.3 Å². The highest BCUT2D eigenvalue weighted by Gasteiger charge is 2.71. The number of hydrogen-bond donors (Lipinski definition) is 1. The number of fused-ring (bicyclic) bond motifs is 7. The molecule has 5 saturated carbocycles. The van der Waals surface area contributed by atoms with E-state index in [2.05, 4.69) is 48.1 Å². The maximum atomic E-state index is 13.9. The van der Waals surface area contributed by atoms with Gasteiger partial charge in [-0.25, -0.2) is 4.79 Å². The Bertz CT molecular complexity index is 1450. The van der Waals surface area contributed by atoms with Gasteiger partial charge in [0, 0.05) is 30.0 Å². The zero-order valence-corrected chi connectivity index (χ0v) is 31.4. The molecule has 1 heterocycles. The molecule has 7 rings (SSSR count). The Morgan fingerprint density at radius 3 is 2.29 bits per heavy atom. The van der Waals surface area contributed by atoms with Crippen LogP contribution in [-0.4, -0.2) is 59.2 Å². The second-order valence-corrected chi connectivity index (χ2v) is 19.7. The molecule has 10 atom stereocenters. The molecule has 1 aromatic rings. The number of amides is 1. The van der Waals surface area contributed by atoms with E-state index in [4.69, 9.17) is 4.74 Å². The minimum absolute atomic E-state index is 0.0374. The fraction of sp³-hybridized carbons (Fsp3) is 0.762. The van der Waals surface area contributed by atoms with Crippen LogP contribution >= 0.6 is 11.8 Å². The van der Waals surface area contributed by atoms with Gasteiger partial charge in [-0.15, -0.1) is 0 Å². The summed E-state index contributed by atoms with van der Waals surface area (Å²) in [5.41, 5.74) is 2.80. The van der Waals surface area contributed by atoms with Crippen molar-refractivity contribution in [2.24, 2.45) is 56.7 Å². The lowest BCUT2D eigenvalue weighted by Crippen LogP contribution is -2.66. The number of carbonyl (C=O) groups excluding carboxylic acids is 2. The number of allylic oxidation sites excluding steroid dienone is 1. The van der Waals surface area contributed by atoms with Crippen LogP contribution in [0.2, 0.25) is 0 Å². The van der Waals surface area contributed by atoms with Crippen molar-refractivity contribution >= 4 is 23.6 Å². The van der Waals surface area contributed by atoms with E-state index in [1.807, 2.05) is 28.8 Å². The number of rotatable bonds is 5. The summed E-state index contributed by atoms with van der Waals surface area (Å²) in [6.07, 6.45) is 11.3. The third-order valence-electron chi connectivity index (χ3n) is 16.4. The van der Waals surface area contributed by atoms with Crippen molar-refractivity contribution in [3.63, 3.8) is 0 Å². The first-order chi connectivity index (χ1) is 22.7. The number of aliphatic hydroxyl groups is 1. The van der Waals surface area contributed by atoms with Crippen LogP contribution in [-0.2, 0) is 4.74 Å². The molecule has 1 amide bonds. The van der Waals surface area contributed by atoms with Crippen LogP contribution in [0.15, 0.2) is 36.4 Å². The van der Waals surface area contributed by atoms with Crippen molar-refractivity contribution in [3.05, 3.63) is 47.5 Å². The van der Waals surface area contributed by atoms with Crippen LogP contribution in [0.4, 0.5) is 0 Å². The zero-order chi connectivity index (χ0) is 34.3. The monoisotopic (exact) mass is 675 g/mol. The second-order valence-electron chi connectivity index (χ2n) is 18.5. The number of benzene rings is 1. The van der Waals surface area contributed by atoms with Crippen molar-refractivity contribution in [1.82, 2.24) is 4.90 Å². The Hall–Kier alpha value is -1.79. The quantitative estimate of drug-likeness (QED) is 0.249. The van der Waals surface area contributed by atoms with Crippen LogP contribution in [0, 0.1) is 56.7 Å². The minimum atomic E-state index is -0.352. The average molecular weight is 676 g/mol. The molecule has 6 fully saturated rings. The number of aliphatic hydroxyl groups excluding tert-OH is 1. The largest absolute Gasteiger partial charge is 0.461 e. The Kier molecular flexibility index (Phi) is 8.79. The summed E-state index contributed by atoms with van der Waals surface area (Å²) in [7, 11) is 0. The molecule has 0 unspecified atom stereocenters. The Morgan fingerprint density at radius 1 is 0.875 bits per heavy atom. The fourth-order valence-corrected chi connectivity index (χ4v) is 14.5. The average Bonchev–Trinajstić information content (AvgIpc) is 3.46. The van der Waals surface area contributed by atoms with E-state index in [-0.39, 0.29) is 45.1 Å². The summed E-state index contributed by atoms with van der Waals surface area (Å²) in [5.74, 6) is 4.18. The van der Waals surface area contributed by atoms with Gasteiger partial charge >= 0.3 is 5.97 Å². The van der Waals surface area contributed by atoms with Gasteiger partial charge in [-0.3, -0.25) is 4.79 Å². The lowest BCUT2D eigenvalue weighted by Gasteiger charge is -2.73. The van der Waals surface area contributed by atoms with Gasteiger partial charge in [0.2, 0.25) is 0 Å². The van der Waals surface area contributed by atoms with Gasteiger partial charge in [0.15, 0.2) is 0 Å². The highest BCUT2D eigenvalue weighted by atomic mass is 32.2. The molecule has 0 bridgehead atoms. The van der Waals surface area contributed by atoms with Crippen LogP contribution in [0.25, 0.3) is 0 Å². The minimum Gasteiger partial charge on any atom is -0.461 e. The van der Waals surface area contributed by atoms with E-state index in [1.54, 1.807) is 12.1 Å². The van der Waals surface area contributed by atoms with Crippen molar-refractivity contribution < 1.29 is 19.4 Å². The van der Waals surface area contributed by atoms with Crippen LogP contribution in [0.1, 0.15) is 126 Å². The highest BCUT2D eigenvalue weighted by molar-refractivity contribution is 7.99. The molecular weight excluding hydrogens is 615 g/mol. The number of ether oxygens (including phenoxy) is 1. The third-order valence-corrected chi connectivity index (χ3v) is 17.3. The zero-order valence-electron chi connectivity index (χ0n) is 30.6. The molecule has 1 aliphatic heterocycles. The van der Waals surface area contributed by atoms with E-state index in [1.165, 1.54) is 37.7 Å². The predicted molar refractivity (Wildman–Crippen MR) is 195 cm³/mol. The fourth-order valence-electron chi connectivity index (χ4n) is 13.6. The van der Waals surface area contributed by atoms with Crippen molar-refractivity contribution in [2.75, 3.05) is 31.2 Å². The molecule has 0 radical (unpaired) electrons. The number of esters is 1. The van der Waals surface area contributed by atoms with E-state index in [9.17, 15) is 14.7 Å². The van der Waals surface area contributed by atoms with Crippen molar-refractivity contribution in [3.8, 4) is 0 Å². The van der Waals surface area contributed by atoms with E-state index < -0.39 is 0 Å². The van der Waals surface area contributed by atoms with E-state index >= 15 is 0 Å². The normalized spacial score (nSPS) is 43.3. The first-order valence-electron chi connectivity index (χ1n) is 19.2. The summed E-state index contributed by atoms with van der Waals surface area (Å²) in [6, 6.07) is 7.27. The molecule has 0 aromatic heterocycles. The molecule has 6 aliphatic rings. The molecule has 6 heteroatoms. The molecule has 5 aliphatic carbocycles. The van der Waals surface area contributed by atoms with Gasteiger partial charge in [0.1, 0.15) is 0 Å². The highest BCUT2D eigenvalue weighted by Crippen LogP contribution is 2.77. The summed E-state index contributed by atoms with van der Waals surface area (Å²) in [4.78, 5) is 29.3. The molecule has 264 valence electrons. The second kappa shape index (κ2) is 12.2. The van der Waals surface area contributed by atoms with Gasteiger partial charge in [-0.05, 0) is 135 Å². The van der Waals surface area contributed by atoms with Crippen molar-refractivity contribution in [1.29, 1.82) is 0 Å². The number of thioether (sulfide) groups is 1. The lowest BCUT2D eigenvalue weighted by atomic mass is 9.32. The topological polar surface area (TPSA) is 66.8 Å². The van der Waals surface area contributed by atoms with Gasteiger partial charge in [-0.2, -0.15) is 11.8 Å². The first kappa shape index (κ1) is 34.6. The van der Waals surface area contributed by atoms with Gasteiger partial charge in [-0.1, -0.05) is 58.9 Å². The Balaban J connectivity index is 1.15. The van der Waals surface area contributed by atoms with Gasteiger partial charge in [0.25, 0.3) is 5.91 Å². The summed E-state index contributed by atoms with van der Waals surface area (Å²) in [6.45, 7) is 21.2. The van der Waals surface area contributed by atoms with Gasteiger partial charge < -0.3 is 14.7 Å². The summed E-state index contributed by atoms with van der Waals surface area (Å²) in [5, 5.41) is 11.1. The van der Waals surface area contributed by atoms with Crippen molar-refractivity contribution in [2.45, 2.75) is 112 Å². The molecule has 1 aromatic carbocycles. The molecule has 1 saturated heterocycles. The Labute approximate surface area is 294 Å². The standard InChI is InChI=1S/C42H61NO4S/c1-27(2)28-14-19-42(26-47-37(46)30-11-9-8-10-29(30)36(45)43-22-24-48-25-23-43)21-20-40(6)31(35(28)42)12-13-33-39(5)17-16-34(44)38(3,4)32(39)15-18-41(33,40)7/h8-11,28,31-35,44H,1,12-26H2,2-7H3/t28-,31+,32-,33+,34-,35+,39-,40+,41+,42+/m0/s1. The predicted octanol–water partition coefficient (Wildman–Crippen LogP) is 9.05. The smallest absolute Gasteiger partial charge is 0.338 e. The molecule has 5 nitrogen and oxygen atoms in total. The lowest BCUT2D eigenvalue weighted by molar-refractivity contribution is -0.249. The van der Waals surface area contributed by atoms with Gasteiger partial charge in [0.05, 0.1) is 23.8 Å². The Morgan fingerprint density at radius 2 is 1.58 bits per heavy atom. The third kappa shape index (κ3) is 5.02. The molecule has 1 N–H and O–H groups in total. The maximum Gasteiger partial charge on any atom is 0.338 e. The number of nitrogens with zero attached hydrogens (tertiary/aromatic N) is 1. The summed E-state index contributed by atoms with van der Waals surface area (Å²) >= 11 is 1.87. The van der Waals surface area contributed by atoms with Crippen LogP contribution < -0.4 is 0 Å². The molecule has 48 heavy (non-hydrogen) atoms. The molecule has 0 spiro atoms. The van der Waals surface area contributed by atoms with Crippen LogP contribution in [0.3, 0.4) is 0 Å². The number of carbonyl (C=O) groups is 2. The number of hydrogen-bond acceptors (Lipinski definition) is 5. The summed E-state index contributed by atoms with van der Waals surface area (Å²) < 4.78 is 6.38.